The fraction of sp³-hybridized carbons (Fsp3) is 0.400. The van der Waals surface area contributed by atoms with Crippen LogP contribution in [-0.4, -0.2) is 33.9 Å². The molecule has 23 heavy (non-hydrogen) atoms. The Morgan fingerprint density at radius 2 is 2.39 bits per heavy atom. The number of nitrogens with one attached hydrogen (secondary N) is 2. The van der Waals surface area contributed by atoms with Crippen LogP contribution in [0.2, 0.25) is 0 Å². The van der Waals surface area contributed by atoms with Gasteiger partial charge in [-0.25, -0.2) is 18.9 Å². The second kappa shape index (κ2) is 6.74. The molecule has 2 aromatic rings. The summed E-state index contributed by atoms with van der Waals surface area (Å²) in [6, 6.07) is 5.37. The van der Waals surface area contributed by atoms with Gasteiger partial charge in [-0.2, -0.15) is 5.10 Å². The summed E-state index contributed by atoms with van der Waals surface area (Å²) in [5, 5.41) is 9.85. The lowest BCUT2D eigenvalue weighted by molar-refractivity contribution is 0.177. The molecule has 8 heteroatoms. The molecule has 1 aliphatic heterocycles. The summed E-state index contributed by atoms with van der Waals surface area (Å²) in [5.74, 6) is 1.16. The number of benzene rings is 1. The van der Waals surface area contributed by atoms with Crippen molar-refractivity contribution < 1.29 is 13.9 Å². The van der Waals surface area contributed by atoms with Gasteiger partial charge in [0, 0.05) is 19.2 Å². The minimum atomic E-state index is -0.390. The van der Waals surface area contributed by atoms with E-state index in [4.69, 9.17) is 4.74 Å². The van der Waals surface area contributed by atoms with E-state index in [0.717, 1.165) is 18.7 Å². The number of rotatable bonds is 4. The van der Waals surface area contributed by atoms with Gasteiger partial charge in [0.25, 0.3) is 0 Å². The largest absolute Gasteiger partial charge is 0.377 e. The van der Waals surface area contributed by atoms with Crippen LogP contribution in [0.25, 0.3) is 0 Å². The number of anilines is 1. The fourth-order valence-electron chi connectivity index (χ4n) is 2.59. The zero-order chi connectivity index (χ0) is 16.2. The highest BCUT2D eigenvalue weighted by Gasteiger charge is 2.22. The van der Waals surface area contributed by atoms with Crippen LogP contribution < -0.4 is 10.6 Å². The van der Waals surface area contributed by atoms with Crippen LogP contribution in [0.3, 0.4) is 0 Å². The maximum atomic E-state index is 13.1. The number of ether oxygens (including phenoxy) is 1. The number of aryl methyl sites for hydroxylation is 1. The number of carbonyl (C=O) groups is 1. The van der Waals surface area contributed by atoms with E-state index >= 15 is 0 Å². The normalized spacial score (nSPS) is 16.7. The number of hydrogen-bond acceptors (Lipinski definition) is 4. The van der Waals surface area contributed by atoms with Gasteiger partial charge < -0.3 is 15.4 Å². The van der Waals surface area contributed by atoms with Crippen LogP contribution in [0.4, 0.5) is 14.9 Å². The van der Waals surface area contributed by atoms with Crippen molar-refractivity contribution in [2.45, 2.75) is 32.0 Å². The number of nitrogens with zero attached hydrogens (tertiary/aromatic N) is 3. The highest BCUT2D eigenvalue weighted by atomic mass is 19.1. The van der Waals surface area contributed by atoms with Gasteiger partial charge in [0.15, 0.2) is 5.82 Å². The maximum absolute atomic E-state index is 13.1. The van der Waals surface area contributed by atoms with E-state index in [-0.39, 0.29) is 12.1 Å². The summed E-state index contributed by atoms with van der Waals surface area (Å²) in [6.45, 7) is 0.931. The first kappa shape index (κ1) is 15.4. The quantitative estimate of drug-likeness (QED) is 0.899. The zero-order valence-electron chi connectivity index (χ0n) is 12.8. The Hall–Kier alpha value is -2.48. The molecule has 1 aliphatic rings. The highest BCUT2D eigenvalue weighted by molar-refractivity contribution is 5.89. The van der Waals surface area contributed by atoms with Crippen molar-refractivity contribution in [2.75, 3.05) is 12.4 Å². The molecule has 0 bridgehead atoms. The molecule has 1 aromatic carbocycles. The van der Waals surface area contributed by atoms with Crippen LogP contribution in [0.1, 0.15) is 18.1 Å². The van der Waals surface area contributed by atoms with Gasteiger partial charge in [0.2, 0.25) is 0 Å². The Kier molecular flexibility index (Phi) is 4.52. The summed E-state index contributed by atoms with van der Waals surface area (Å²) < 4.78 is 19.9. The Labute approximate surface area is 132 Å². The first-order valence-corrected chi connectivity index (χ1v) is 7.38. The number of hydrogen-bond donors (Lipinski definition) is 2. The molecule has 1 aromatic heterocycles. The average Bonchev–Trinajstić information content (AvgIpc) is 2.89. The number of aromatic nitrogens is 3. The topological polar surface area (TPSA) is 81.1 Å². The predicted molar refractivity (Wildman–Crippen MR) is 81.4 cm³/mol. The first-order chi connectivity index (χ1) is 11.1. The van der Waals surface area contributed by atoms with E-state index in [1.54, 1.807) is 23.9 Å². The molecule has 3 rings (SSSR count). The van der Waals surface area contributed by atoms with Gasteiger partial charge in [0.05, 0.1) is 12.6 Å². The highest BCUT2D eigenvalue weighted by Crippen LogP contribution is 2.14. The van der Waals surface area contributed by atoms with Gasteiger partial charge in [-0.1, -0.05) is 6.07 Å². The molecular formula is C15H18FN5O2. The minimum Gasteiger partial charge on any atom is -0.377 e. The van der Waals surface area contributed by atoms with Gasteiger partial charge >= 0.3 is 6.03 Å². The van der Waals surface area contributed by atoms with Crippen molar-refractivity contribution >= 4 is 11.7 Å². The maximum Gasteiger partial charge on any atom is 0.319 e. The SMILES string of the molecule is COCc1nc2n(n1)C[C@H](NC(=O)Nc1cccc(F)c1)CC2. The molecule has 2 heterocycles. The van der Waals surface area contributed by atoms with Gasteiger partial charge in [0.1, 0.15) is 18.2 Å². The lowest BCUT2D eigenvalue weighted by Gasteiger charge is -2.23. The Bertz CT molecular complexity index is 703. The van der Waals surface area contributed by atoms with E-state index < -0.39 is 5.82 Å². The van der Waals surface area contributed by atoms with Crippen LogP contribution in [0.5, 0.6) is 0 Å². The first-order valence-electron chi connectivity index (χ1n) is 7.38. The molecule has 0 saturated heterocycles. The number of fused-ring (bicyclic) bond motifs is 1. The van der Waals surface area contributed by atoms with Crippen molar-refractivity contribution in [3.63, 3.8) is 0 Å². The Morgan fingerprint density at radius 1 is 1.52 bits per heavy atom. The molecule has 0 spiro atoms. The number of methoxy groups -OCH3 is 1. The third kappa shape index (κ3) is 3.84. The average molecular weight is 319 g/mol. The predicted octanol–water partition coefficient (Wildman–Crippen LogP) is 1.70. The van der Waals surface area contributed by atoms with E-state index in [1.807, 2.05) is 0 Å². The van der Waals surface area contributed by atoms with E-state index in [2.05, 4.69) is 20.7 Å². The van der Waals surface area contributed by atoms with E-state index in [1.165, 1.54) is 12.1 Å². The second-order valence-electron chi connectivity index (χ2n) is 5.40. The Morgan fingerprint density at radius 3 is 3.17 bits per heavy atom. The molecule has 0 saturated carbocycles. The smallest absolute Gasteiger partial charge is 0.319 e. The van der Waals surface area contributed by atoms with Crippen molar-refractivity contribution in [1.82, 2.24) is 20.1 Å². The van der Waals surface area contributed by atoms with Crippen LogP contribution in [0.15, 0.2) is 24.3 Å². The molecule has 7 nitrogen and oxygen atoms in total. The summed E-state index contributed by atoms with van der Waals surface area (Å²) in [4.78, 5) is 16.4. The lowest BCUT2D eigenvalue weighted by atomic mass is 10.1. The number of carbonyl (C=O) groups excluding carboxylic acids is 1. The van der Waals surface area contributed by atoms with Crippen molar-refractivity contribution in [1.29, 1.82) is 0 Å². The minimum absolute atomic E-state index is 0.0480. The van der Waals surface area contributed by atoms with Crippen LogP contribution in [-0.2, 0) is 24.3 Å². The summed E-state index contributed by atoms with van der Waals surface area (Å²) >= 11 is 0. The van der Waals surface area contributed by atoms with Crippen molar-refractivity contribution in [3.05, 3.63) is 41.7 Å². The van der Waals surface area contributed by atoms with Crippen molar-refractivity contribution in [2.24, 2.45) is 0 Å². The number of halogens is 1. The second-order valence-corrected chi connectivity index (χ2v) is 5.40. The third-order valence-corrected chi connectivity index (χ3v) is 3.59. The monoisotopic (exact) mass is 319 g/mol. The van der Waals surface area contributed by atoms with Crippen LogP contribution >= 0.6 is 0 Å². The summed E-state index contributed by atoms with van der Waals surface area (Å²) in [7, 11) is 1.60. The molecule has 2 amide bonds. The molecule has 0 aliphatic carbocycles. The summed E-state index contributed by atoms with van der Waals surface area (Å²) in [6.07, 6.45) is 1.52. The van der Waals surface area contributed by atoms with E-state index in [0.29, 0.717) is 24.7 Å². The Balaban J connectivity index is 1.57. The number of amides is 2. The van der Waals surface area contributed by atoms with Crippen LogP contribution in [0, 0.1) is 5.82 Å². The van der Waals surface area contributed by atoms with Crippen molar-refractivity contribution in [3.8, 4) is 0 Å². The molecule has 1 atom stereocenters. The molecule has 122 valence electrons. The molecular weight excluding hydrogens is 301 g/mol. The zero-order valence-corrected chi connectivity index (χ0v) is 12.8. The fourth-order valence-corrected chi connectivity index (χ4v) is 2.59. The van der Waals surface area contributed by atoms with Gasteiger partial charge in [-0.05, 0) is 24.6 Å². The summed E-state index contributed by atoms with van der Waals surface area (Å²) in [5.41, 5.74) is 0.419. The number of urea groups is 1. The molecule has 2 N–H and O–H groups in total. The van der Waals surface area contributed by atoms with E-state index in [9.17, 15) is 9.18 Å². The van der Waals surface area contributed by atoms with Gasteiger partial charge in [-0.3, -0.25) is 0 Å². The third-order valence-electron chi connectivity index (χ3n) is 3.59. The molecule has 0 unspecified atom stereocenters. The lowest BCUT2D eigenvalue weighted by Crippen LogP contribution is -2.43. The molecule has 0 radical (unpaired) electrons. The standard InChI is InChI=1S/C15H18FN5O2/c1-23-9-13-19-14-6-5-12(8-21(14)20-13)18-15(22)17-11-4-2-3-10(16)7-11/h2-4,7,12H,5-6,8-9H2,1H3,(H2,17,18,22)/t12-/m1/s1. The van der Waals surface area contributed by atoms with Gasteiger partial charge in [-0.15, -0.1) is 0 Å². The molecule has 0 fully saturated rings.